The number of benzene rings is 1. The third-order valence-electron chi connectivity index (χ3n) is 4.65. The molecule has 5 nitrogen and oxygen atoms in total. The minimum Gasteiger partial charge on any atom is -0.388 e. The van der Waals surface area contributed by atoms with Crippen LogP contribution in [-0.4, -0.2) is 45.7 Å². The predicted molar refractivity (Wildman–Crippen MR) is 93.5 cm³/mol. The summed E-state index contributed by atoms with van der Waals surface area (Å²) in [6.45, 7) is -0.737. The maximum absolute atomic E-state index is 12.2. The Hall–Kier alpha value is -1.90. The van der Waals surface area contributed by atoms with Crippen LogP contribution in [0.5, 0.6) is 0 Å². The van der Waals surface area contributed by atoms with Crippen LogP contribution in [0.3, 0.4) is 0 Å². The summed E-state index contributed by atoms with van der Waals surface area (Å²) in [7, 11) is 0. The number of nitrogens with one attached hydrogen (secondary N) is 1. The van der Waals surface area contributed by atoms with Crippen LogP contribution in [0.2, 0.25) is 0 Å². The van der Waals surface area contributed by atoms with Crippen LogP contribution in [0.1, 0.15) is 49.3 Å². The maximum atomic E-state index is 12.2. The number of halogens is 3. The molecule has 4 N–H and O–H groups in total. The van der Waals surface area contributed by atoms with Gasteiger partial charge in [0.05, 0.1) is 5.60 Å². The molecule has 1 aliphatic carbocycles. The molecule has 2 rings (SSSR count). The van der Waals surface area contributed by atoms with Crippen LogP contribution in [0, 0.1) is 0 Å². The Labute approximate surface area is 155 Å². The molecule has 0 spiro atoms. The van der Waals surface area contributed by atoms with Crippen LogP contribution in [0.4, 0.5) is 13.2 Å². The zero-order valence-corrected chi connectivity index (χ0v) is 14.7. The lowest BCUT2D eigenvalue weighted by Crippen LogP contribution is -2.42. The number of hydrogen-bond donors (Lipinski definition) is 4. The SMILES string of the molecule is O=C(NC[C@H](O)[C@H](O)c1cccc(C=CC2(O)CCCCC2)c1)C(F)(F)F. The molecule has 0 bridgehead atoms. The number of amides is 1. The molecule has 27 heavy (non-hydrogen) atoms. The van der Waals surface area contributed by atoms with Gasteiger partial charge in [-0.3, -0.25) is 4.79 Å². The molecule has 1 fully saturated rings. The molecule has 0 aromatic heterocycles. The second kappa shape index (κ2) is 8.86. The van der Waals surface area contributed by atoms with Crippen molar-refractivity contribution in [3.63, 3.8) is 0 Å². The Bertz CT molecular complexity index is 669. The van der Waals surface area contributed by atoms with Crippen molar-refractivity contribution in [2.45, 2.75) is 56.1 Å². The summed E-state index contributed by atoms with van der Waals surface area (Å²) < 4.78 is 36.5. The number of hydrogen-bond acceptors (Lipinski definition) is 4. The maximum Gasteiger partial charge on any atom is 0.471 e. The van der Waals surface area contributed by atoms with Gasteiger partial charge in [0, 0.05) is 6.54 Å². The van der Waals surface area contributed by atoms with Gasteiger partial charge in [-0.1, -0.05) is 49.6 Å². The lowest BCUT2D eigenvalue weighted by atomic mass is 9.84. The Morgan fingerprint density at radius 3 is 2.52 bits per heavy atom. The highest BCUT2D eigenvalue weighted by Gasteiger charge is 2.38. The van der Waals surface area contributed by atoms with E-state index in [-0.39, 0.29) is 0 Å². The van der Waals surface area contributed by atoms with Crippen LogP contribution in [0.25, 0.3) is 6.08 Å². The van der Waals surface area contributed by atoms with Crippen molar-refractivity contribution in [3.05, 3.63) is 41.5 Å². The Balaban J connectivity index is 1.99. The average Bonchev–Trinajstić information content (AvgIpc) is 2.63. The van der Waals surface area contributed by atoms with Gasteiger partial charge in [-0.2, -0.15) is 13.2 Å². The molecule has 1 saturated carbocycles. The van der Waals surface area contributed by atoms with Crippen molar-refractivity contribution in [1.29, 1.82) is 0 Å². The summed E-state index contributed by atoms with van der Waals surface area (Å²) >= 11 is 0. The first-order valence-corrected chi connectivity index (χ1v) is 8.83. The summed E-state index contributed by atoms with van der Waals surface area (Å²) in [6, 6.07) is 6.47. The van der Waals surface area contributed by atoms with Gasteiger partial charge in [0.25, 0.3) is 0 Å². The Morgan fingerprint density at radius 1 is 1.22 bits per heavy atom. The zero-order valence-electron chi connectivity index (χ0n) is 14.7. The molecule has 0 radical (unpaired) electrons. The van der Waals surface area contributed by atoms with E-state index in [0.29, 0.717) is 24.0 Å². The van der Waals surface area contributed by atoms with Gasteiger partial charge in [0.1, 0.15) is 12.2 Å². The molecule has 0 heterocycles. The van der Waals surface area contributed by atoms with E-state index < -0.39 is 36.4 Å². The van der Waals surface area contributed by atoms with Gasteiger partial charge in [0.2, 0.25) is 0 Å². The fourth-order valence-corrected chi connectivity index (χ4v) is 3.06. The van der Waals surface area contributed by atoms with Crippen molar-refractivity contribution < 1.29 is 33.3 Å². The molecule has 150 valence electrons. The molecule has 1 aromatic rings. The van der Waals surface area contributed by atoms with E-state index in [1.54, 1.807) is 30.4 Å². The van der Waals surface area contributed by atoms with Crippen molar-refractivity contribution in [2.24, 2.45) is 0 Å². The van der Waals surface area contributed by atoms with Crippen LogP contribution < -0.4 is 5.32 Å². The van der Waals surface area contributed by atoms with Crippen molar-refractivity contribution in [2.75, 3.05) is 6.54 Å². The molecule has 0 aliphatic heterocycles. The molecule has 1 aromatic carbocycles. The summed E-state index contributed by atoms with van der Waals surface area (Å²) in [5, 5.41) is 32.0. The fraction of sp³-hybridized carbons (Fsp3) is 0.526. The van der Waals surface area contributed by atoms with Crippen LogP contribution in [-0.2, 0) is 4.79 Å². The number of carbonyl (C=O) groups excluding carboxylic acids is 1. The van der Waals surface area contributed by atoms with E-state index in [4.69, 9.17) is 0 Å². The number of alkyl halides is 3. The third-order valence-corrected chi connectivity index (χ3v) is 4.65. The largest absolute Gasteiger partial charge is 0.471 e. The highest BCUT2D eigenvalue weighted by molar-refractivity contribution is 5.81. The second-order valence-electron chi connectivity index (χ2n) is 6.89. The second-order valence-corrected chi connectivity index (χ2v) is 6.89. The van der Waals surface area contributed by atoms with Crippen molar-refractivity contribution in [1.82, 2.24) is 5.32 Å². The minimum atomic E-state index is -5.05. The molecule has 2 atom stereocenters. The van der Waals surface area contributed by atoms with E-state index in [1.165, 1.54) is 11.4 Å². The number of carbonyl (C=O) groups is 1. The van der Waals surface area contributed by atoms with Gasteiger partial charge < -0.3 is 20.6 Å². The number of aliphatic hydroxyl groups excluding tert-OH is 2. The van der Waals surface area contributed by atoms with Gasteiger partial charge in [-0.05, 0) is 30.0 Å². The first-order valence-electron chi connectivity index (χ1n) is 8.83. The van der Waals surface area contributed by atoms with Gasteiger partial charge >= 0.3 is 12.1 Å². The zero-order chi connectivity index (χ0) is 20.1. The summed E-state index contributed by atoms with van der Waals surface area (Å²) in [6.07, 6.45) is -0.299. The first kappa shape index (κ1) is 21.4. The fourth-order valence-electron chi connectivity index (χ4n) is 3.06. The summed E-state index contributed by atoms with van der Waals surface area (Å²) in [5.74, 6) is -2.17. The average molecular weight is 387 g/mol. The van der Waals surface area contributed by atoms with E-state index in [2.05, 4.69) is 0 Å². The lowest BCUT2D eigenvalue weighted by molar-refractivity contribution is -0.174. The highest BCUT2D eigenvalue weighted by Crippen LogP contribution is 2.30. The number of aliphatic hydroxyl groups is 3. The molecule has 0 saturated heterocycles. The van der Waals surface area contributed by atoms with Crippen molar-refractivity contribution in [3.8, 4) is 0 Å². The topological polar surface area (TPSA) is 89.8 Å². The molecule has 8 heteroatoms. The molecule has 1 amide bonds. The molecule has 0 unspecified atom stereocenters. The highest BCUT2D eigenvalue weighted by atomic mass is 19.4. The van der Waals surface area contributed by atoms with Gasteiger partial charge in [-0.25, -0.2) is 0 Å². The Morgan fingerprint density at radius 2 is 1.89 bits per heavy atom. The van der Waals surface area contributed by atoms with Gasteiger partial charge in [0.15, 0.2) is 0 Å². The smallest absolute Gasteiger partial charge is 0.388 e. The number of rotatable bonds is 6. The summed E-state index contributed by atoms with van der Waals surface area (Å²) in [4.78, 5) is 10.8. The van der Waals surface area contributed by atoms with E-state index in [9.17, 15) is 33.3 Å². The quantitative estimate of drug-likeness (QED) is 0.604. The van der Waals surface area contributed by atoms with Gasteiger partial charge in [-0.15, -0.1) is 0 Å². The predicted octanol–water partition coefficient (Wildman–Crippen LogP) is 2.47. The van der Waals surface area contributed by atoms with E-state index in [1.807, 2.05) is 0 Å². The van der Waals surface area contributed by atoms with Crippen molar-refractivity contribution >= 4 is 12.0 Å². The standard InChI is InChI=1S/C19H24F3NO4/c20-19(21,22)17(26)23-12-15(24)16(25)14-6-4-5-13(11-14)7-10-18(27)8-2-1-3-9-18/h4-7,10-11,15-16,24-25,27H,1-3,8-9,12H2,(H,23,26)/t15-,16+/m0/s1. The van der Waals surface area contributed by atoms with E-state index in [0.717, 1.165) is 19.3 Å². The molecular weight excluding hydrogens is 363 g/mol. The monoisotopic (exact) mass is 387 g/mol. The molecule has 1 aliphatic rings. The van der Waals surface area contributed by atoms with Crippen LogP contribution >= 0.6 is 0 Å². The third kappa shape index (κ3) is 6.34. The molecular formula is C19H24F3NO4. The lowest BCUT2D eigenvalue weighted by Gasteiger charge is -2.28. The van der Waals surface area contributed by atoms with E-state index >= 15 is 0 Å². The van der Waals surface area contributed by atoms with Crippen LogP contribution in [0.15, 0.2) is 30.3 Å². The Kier molecular flexibility index (Phi) is 7.02. The summed E-state index contributed by atoms with van der Waals surface area (Å²) in [5.41, 5.74) is 0.118. The normalized spacial score (nSPS) is 19.6. The first-order chi connectivity index (χ1) is 12.6. The minimum absolute atomic E-state index is 0.293.